The number of carbonyl (C=O) groups excluding carboxylic acids is 1. The molecule has 2 heterocycles. The Bertz CT molecular complexity index is 488. The zero-order valence-electron chi connectivity index (χ0n) is 8.84. The van der Waals surface area contributed by atoms with E-state index in [1.165, 1.54) is 0 Å². The van der Waals surface area contributed by atoms with Gasteiger partial charge in [0.15, 0.2) is 0 Å². The molecule has 0 aromatic carbocycles. The van der Waals surface area contributed by atoms with E-state index in [0.29, 0.717) is 18.0 Å². The van der Waals surface area contributed by atoms with Gasteiger partial charge >= 0.3 is 5.97 Å². The van der Waals surface area contributed by atoms with Crippen molar-refractivity contribution >= 4 is 23.0 Å². The molecular weight excluding hydrogens is 224 g/mol. The summed E-state index contributed by atoms with van der Waals surface area (Å²) in [7, 11) is 1.76. The van der Waals surface area contributed by atoms with Gasteiger partial charge in [0.2, 0.25) is 0 Å². The van der Waals surface area contributed by atoms with Crippen molar-refractivity contribution in [2.45, 2.75) is 6.61 Å². The molecule has 0 aliphatic rings. The third kappa shape index (κ3) is 2.25. The first-order valence-electron chi connectivity index (χ1n) is 4.78. The minimum atomic E-state index is -0.354. The fraction of sp³-hybridized carbons (Fsp3) is 0.182. The van der Waals surface area contributed by atoms with Gasteiger partial charge in [0.05, 0.1) is 5.69 Å². The summed E-state index contributed by atoms with van der Waals surface area (Å²) in [6.07, 6.45) is 1.68. The van der Waals surface area contributed by atoms with Gasteiger partial charge < -0.3 is 15.0 Å². The summed E-state index contributed by atoms with van der Waals surface area (Å²) in [6, 6.07) is 5.46. The smallest absolute Gasteiger partial charge is 0.355 e. The van der Waals surface area contributed by atoms with E-state index < -0.39 is 0 Å². The van der Waals surface area contributed by atoms with Gasteiger partial charge in [-0.1, -0.05) is 6.07 Å². The molecule has 0 aliphatic heterocycles. The van der Waals surface area contributed by atoms with E-state index in [0.717, 1.165) is 4.88 Å². The van der Waals surface area contributed by atoms with Crippen LogP contribution in [-0.2, 0) is 18.4 Å². The van der Waals surface area contributed by atoms with Crippen molar-refractivity contribution in [3.63, 3.8) is 0 Å². The molecule has 2 aromatic heterocycles. The Labute approximate surface area is 97.3 Å². The quantitative estimate of drug-likeness (QED) is 0.829. The third-order valence-electron chi connectivity index (χ3n) is 2.16. The van der Waals surface area contributed by atoms with Crippen LogP contribution in [0.1, 0.15) is 15.4 Å². The van der Waals surface area contributed by atoms with Gasteiger partial charge in [0, 0.05) is 18.1 Å². The minimum absolute atomic E-state index is 0.307. The number of rotatable bonds is 3. The summed E-state index contributed by atoms with van der Waals surface area (Å²) in [5.41, 5.74) is 6.61. The van der Waals surface area contributed by atoms with Gasteiger partial charge in [0.1, 0.15) is 12.3 Å². The SMILES string of the molecule is Cn1cc(N)cc1C(=O)OCc1cccs1. The van der Waals surface area contributed by atoms with Crippen LogP contribution < -0.4 is 5.73 Å². The summed E-state index contributed by atoms with van der Waals surface area (Å²) in [5, 5.41) is 1.95. The van der Waals surface area contributed by atoms with Crippen molar-refractivity contribution < 1.29 is 9.53 Å². The molecule has 0 radical (unpaired) electrons. The van der Waals surface area contributed by atoms with Gasteiger partial charge in [-0.15, -0.1) is 11.3 Å². The van der Waals surface area contributed by atoms with Crippen molar-refractivity contribution in [2.75, 3.05) is 5.73 Å². The van der Waals surface area contributed by atoms with Crippen LogP contribution in [0.5, 0.6) is 0 Å². The molecule has 2 rings (SSSR count). The molecule has 16 heavy (non-hydrogen) atoms. The first kappa shape index (κ1) is 10.8. The number of aromatic nitrogens is 1. The van der Waals surface area contributed by atoms with Crippen molar-refractivity contribution in [3.05, 3.63) is 40.3 Å². The first-order chi connectivity index (χ1) is 7.66. The third-order valence-corrected chi connectivity index (χ3v) is 3.01. The molecule has 0 fully saturated rings. The first-order valence-corrected chi connectivity index (χ1v) is 5.66. The Kier molecular flexibility index (Phi) is 2.96. The predicted octanol–water partition coefficient (Wildman–Crippen LogP) is 2.03. The standard InChI is InChI=1S/C11H12N2O2S/c1-13-6-8(12)5-10(13)11(14)15-7-9-3-2-4-16-9/h2-6H,7,12H2,1H3. The molecule has 0 amide bonds. The molecule has 2 N–H and O–H groups in total. The molecule has 84 valence electrons. The van der Waals surface area contributed by atoms with Crippen molar-refractivity contribution in [2.24, 2.45) is 7.05 Å². The number of nitrogens with two attached hydrogens (primary N) is 1. The number of anilines is 1. The number of ether oxygens (including phenoxy) is 1. The number of carbonyl (C=O) groups is 1. The molecule has 0 bridgehead atoms. The highest BCUT2D eigenvalue weighted by molar-refractivity contribution is 7.09. The summed E-state index contributed by atoms with van der Waals surface area (Å²) < 4.78 is 6.82. The Morgan fingerprint density at radius 1 is 1.62 bits per heavy atom. The number of hydrogen-bond donors (Lipinski definition) is 1. The van der Waals surface area contributed by atoms with Crippen LogP contribution in [0.4, 0.5) is 5.69 Å². The Morgan fingerprint density at radius 2 is 2.44 bits per heavy atom. The summed E-state index contributed by atoms with van der Waals surface area (Å²) in [5.74, 6) is -0.354. The average molecular weight is 236 g/mol. The molecule has 2 aromatic rings. The zero-order chi connectivity index (χ0) is 11.5. The van der Waals surface area contributed by atoms with Gasteiger partial charge in [-0.05, 0) is 17.5 Å². The number of nitrogens with zero attached hydrogens (tertiary/aromatic N) is 1. The maximum atomic E-state index is 11.7. The summed E-state index contributed by atoms with van der Waals surface area (Å²) in [6.45, 7) is 0.307. The lowest BCUT2D eigenvalue weighted by Gasteiger charge is -2.03. The normalized spacial score (nSPS) is 10.3. The van der Waals surface area contributed by atoms with Crippen molar-refractivity contribution in [1.29, 1.82) is 0 Å². The van der Waals surface area contributed by atoms with E-state index in [-0.39, 0.29) is 5.97 Å². The zero-order valence-corrected chi connectivity index (χ0v) is 9.66. The molecule has 0 saturated heterocycles. The number of nitrogen functional groups attached to an aromatic ring is 1. The van der Waals surface area contributed by atoms with E-state index >= 15 is 0 Å². The maximum absolute atomic E-state index is 11.7. The molecule has 0 spiro atoms. The lowest BCUT2D eigenvalue weighted by molar-refractivity contribution is 0.0465. The average Bonchev–Trinajstić information content (AvgIpc) is 2.84. The molecular formula is C11H12N2O2S. The number of esters is 1. The highest BCUT2D eigenvalue weighted by Gasteiger charge is 2.12. The van der Waals surface area contributed by atoms with Gasteiger partial charge in [0.25, 0.3) is 0 Å². The van der Waals surface area contributed by atoms with E-state index in [1.54, 1.807) is 35.2 Å². The second kappa shape index (κ2) is 4.40. The van der Waals surface area contributed by atoms with E-state index in [1.807, 2.05) is 17.5 Å². The highest BCUT2D eigenvalue weighted by Crippen LogP contribution is 2.13. The second-order valence-electron chi connectivity index (χ2n) is 3.43. The van der Waals surface area contributed by atoms with Crippen LogP contribution in [0.15, 0.2) is 29.8 Å². The van der Waals surface area contributed by atoms with E-state index in [4.69, 9.17) is 10.5 Å². The lowest BCUT2D eigenvalue weighted by Crippen LogP contribution is -2.08. The Morgan fingerprint density at radius 3 is 3.00 bits per heavy atom. The Hall–Kier alpha value is -1.75. The fourth-order valence-corrected chi connectivity index (χ4v) is 2.01. The van der Waals surface area contributed by atoms with Crippen molar-refractivity contribution in [1.82, 2.24) is 4.57 Å². The Balaban J connectivity index is 2.01. The van der Waals surface area contributed by atoms with Crippen LogP contribution in [0, 0.1) is 0 Å². The second-order valence-corrected chi connectivity index (χ2v) is 4.46. The van der Waals surface area contributed by atoms with Crippen LogP contribution >= 0.6 is 11.3 Å². The monoisotopic (exact) mass is 236 g/mol. The van der Waals surface area contributed by atoms with E-state index in [9.17, 15) is 4.79 Å². The topological polar surface area (TPSA) is 57.2 Å². The highest BCUT2D eigenvalue weighted by atomic mass is 32.1. The molecule has 0 atom stereocenters. The van der Waals surface area contributed by atoms with Crippen molar-refractivity contribution in [3.8, 4) is 0 Å². The van der Waals surface area contributed by atoms with Crippen LogP contribution in [0.2, 0.25) is 0 Å². The van der Waals surface area contributed by atoms with Gasteiger partial charge in [-0.3, -0.25) is 0 Å². The van der Waals surface area contributed by atoms with Crippen LogP contribution in [0.25, 0.3) is 0 Å². The predicted molar refractivity (Wildman–Crippen MR) is 63.3 cm³/mol. The lowest BCUT2D eigenvalue weighted by atomic mass is 10.4. The summed E-state index contributed by atoms with van der Waals surface area (Å²) >= 11 is 1.56. The number of aryl methyl sites for hydroxylation is 1. The molecule has 0 aliphatic carbocycles. The maximum Gasteiger partial charge on any atom is 0.355 e. The fourth-order valence-electron chi connectivity index (χ4n) is 1.40. The molecule has 5 heteroatoms. The molecule has 0 saturated carbocycles. The molecule has 0 unspecified atom stereocenters. The van der Waals surface area contributed by atoms with Gasteiger partial charge in [-0.2, -0.15) is 0 Å². The number of hydrogen-bond acceptors (Lipinski definition) is 4. The van der Waals surface area contributed by atoms with E-state index in [2.05, 4.69) is 0 Å². The number of thiophene rings is 1. The van der Waals surface area contributed by atoms with Crippen LogP contribution in [-0.4, -0.2) is 10.5 Å². The van der Waals surface area contributed by atoms with Gasteiger partial charge in [-0.25, -0.2) is 4.79 Å². The molecule has 4 nitrogen and oxygen atoms in total. The van der Waals surface area contributed by atoms with Crippen LogP contribution in [0.3, 0.4) is 0 Å². The largest absolute Gasteiger partial charge is 0.455 e. The minimum Gasteiger partial charge on any atom is -0.455 e. The summed E-state index contributed by atoms with van der Waals surface area (Å²) in [4.78, 5) is 12.7.